The molecule has 1 aromatic carbocycles. The van der Waals surface area contributed by atoms with Crippen LogP contribution in [0.5, 0.6) is 0 Å². The summed E-state index contributed by atoms with van der Waals surface area (Å²) in [6, 6.07) is 5.45. The minimum atomic E-state index is 0.524. The molecule has 4 nitrogen and oxygen atoms in total. The van der Waals surface area contributed by atoms with Gasteiger partial charge in [0.25, 0.3) is 0 Å². The molecule has 0 aliphatic carbocycles. The third-order valence-corrected chi connectivity index (χ3v) is 3.16. The second-order valence-electron chi connectivity index (χ2n) is 3.95. The zero-order valence-electron chi connectivity index (χ0n) is 10.2. The highest BCUT2D eigenvalue weighted by atomic mass is 35.5. The molecule has 2 rings (SSSR count). The Morgan fingerprint density at radius 2 is 2.16 bits per heavy atom. The third kappa shape index (κ3) is 4.06. The van der Waals surface area contributed by atoms with Gasteiger partial charge < -0.3 is 9.84 Å². The highest BCUT2D eigenvalue weighted by molar-refractivity contribution is 6.42. The predicted molar refractivity (Wildman–Crippen MR) is 75.5 cm³/mol. The molecule has 1 N–H and O–H groups in total. The molecule has 0 fully saturated rings. The molecule has 0 bridgehead atoms. The number of nitrogens with zero attached hydrogens (tertiary/aromatic N) is 2. The predicted octanol–water partition coefficient (Wildman–Crippen LogP) is 3.24. The molecule has 0 spiro atoms. The summed E-state index contributed by atoms with van der Waals surface area (Å²) in [6.45, 7) is 4.84. The lowest BCUT2D eigenvalue weighted by molar-refractivity contribution is 0.366. The molecule has 6 heteroatoms. The molecule has 0 unspecified atom stereocenters. The van der Waals surface area contributed by atoms with Crippen molar-refractivity contribution in [3.63, 3.8) is 0 Å². The van der Waals surface area contributed by atoms with Gasteiger partial charge in [0.1, 0.15) is 0 Å². The van der Waals surface area contributed by atoms with Crippen molar-refractivity contribution >= 4 is 23.2 Å². The van der Waals surface area contributed by atoms with Crippen molar-refractivity contribution in [2.24, 2.45) is 0 Å². The van der Waals surface area contributed by atoms with Crippen LogP contribution >= 0.6 is 23.2 Å². The van der Waals surface area contributed by atoms with Crippen LogP contribution in [0.2, 0.25) is 10.0 Å². The quantitative estimate of drug-likeness (QED) is 0.657. The Hall–Kier alpha value is -1.36. The van der Waals surface area contributed by atoms with E-state index < -0.39 is 0 Å². The minimum absolute atomic E-state index is 0.524. The Balaban J connectivity index is 1.98. The average Bonchev–Trinajstić information content (AvgIpc) is 2.82. The first-order valence-corrected chi connectivity index (χ1v) is 6.51. The van der Waals surface area contributed by atoms with Crippen LogP contribution in [0.4, 0.5) is 0 Å². The van der Waals surface area contributed by atoms with Gasteiger partial charge in [0.15, 0.2) is 5.82 Å². The maximum atomic E-state index is 5.95. The number of halogens is 2. The summed E-state index contributed by atoms with van der Waals surface area (Å²) < 4.78 is 5.12. The largest absolute Gasteiger partial charge is 0.338 e. The first kappa shape index (κ1) is 14.1. The van der Waals surface area contributed by atoms with Crippen LogP contribution in [0.3, 0.4) is 0 Å². The minimum Gasteiger partial charge on any atom is -0.338 e. The second kappa shape index (κ2) is 6.70. The van der Waals surface area contributed by atoms with Crippen molar-refractivity contribution in [1.82, 2.24) is 15.5 Å². The molecule has 0 radical (unpaired) electrons. The molecule has 0 saturated carbocycles. The molecule has 2 aromatic rings. The number of rotatable bonds is 6. The summed E-state index contributed by atoms with van der Waals surface area (Å²) in [6.07, 6.45) is 2.33. The number of benzene rings is 1. The van der Waals surface area contributed by atoms with E-state index in [2.05, 4.69) is 22.0 Å². The summed E-state index contributed by atoms with van der Waals surface area (Å²) in [5, 5.41) is 8.07. The number of nitrogens with one attached hydrogen (secondary N) is 1. The van der Waals surface area contributed by atoms with E-state index in [4.69, 9.17) is 27.7 Å². The second-order valence-corrected chi connectivity index (χ2v) is 4.76. The summed E-state index contributed by atoms with van der Waals surface area (Å²) >= 11 is 11.8. The Morgan fingerprint density at radius 3 is 2.89 bits per heavy atom. The van der Waals surface area contributed by atoms with E-state index >= 15 is 0 Å². The van der Waals surface area contributed by atoms with Gasteiger partial charge in [0.2, 0.25) is 5.89 Å². The Kier molecular flexibility index (Phi) is 4.96. The average molecular weight is 298 g/mol. The highest BCUT2D eigenvalue weighted by Gasteiger charge is 2.07. The summed E-state index contributed by atoms with van der Waals surface area (Å²) in [7, 11) is 0. The molecule has 0 atom stereocenters. The Morgan fingerprint density at radius 1 is 1.32 bits per heavy atom. The van der Waals surface area contributed by atoms with Crippen LogP contribution in [0.15, 0.2) is 35.4 Å². The standard InChI is InChI=1S/C13H13Cl2N3O/c1-2-5-16-8-13-17-12(18-19-13)7-9-3-4-10(14)11(15)6-9/h2-4,6,16H,1,5,7-8H2. The topological polar surface area (TPSA) is 51.0 Å². The SMILES string of the molecule is C=CCNCc1nc(Cc2ccc(Cl)c(Cl)c2)no1. The van der Waals surface area contributed by atoms with E-state index in [9.17, 15) is 0 Å². The zero-order chi connectivity index (χ0) is 13.7. The van der Waals surface area contributed by atoms with Crippen molar-refractivity contribution in [1.29, 1.82) is 0 Å². The van der Waals surface area contributed by atoms with Gasteiger partial charge >= 0.3 is 0 Å². The van der Waals surface area contributed by atoms with Gasteiger partial charge in [-0.15, -0.1) is 6.58 Å². The van der Waals surface area contributed by atoms with Crippen LogP contribution in [0.25, 0.3) is 0 Å². The molecule has 100 valence electrons. The van der Waals surface area contributed by atoms with Crippen LogP contribution in [0, 0.1) is 0 Å². The molecular formula is C13H13Cl2N3O. The number of hydrogen-bond acceptors (Lipinski definition) is 4. The molecule has 19 heavy (non-hydrogen) atoms. The van der Waals surface area contributed by atoms with E-state index in [1.807, 2.05) is 6.07 Å². The van der Waals surface area contributed by atoms with Crippen LogP contribution in [-0.4, -0.2) is 16.7 Å². The Bertz CT molecular complexity index is 569. The van der Waals surface area contributed by atoms with Gasteiger partial charge in [-0.2, -0.15) is 4.98 Å². The smallest absolute Gasteiger partial charge is 0.240 e. The van der Waals surface area contributed by atoms with E-state index in [1.54, 1.807) is 18.2 Å². The lowest BCUT2D eigenvalue weighted by Crippen LogP contribution is -2.12. The van der Waals surface area contributed by atoms with Gasteiger partial charge in [-0.25, -0.2) is 0 Å². The number of aromatic nitrogens is 2. The summed E-state index contributed by atoms with van der Waals surface area (Å²) in [5.74, 6) is 1.17. The van der Waals surface area contributed by atoms with Crippen molar-refractivity contribution < 1.29 is 4.52 Å². The molecule has 0 aliphatic rings. The first-order valence-electron chi connectivity index (χ1n) is 5.76. The first-order chi connectivity index (χ1) is 9.19. The molecular weight excluding hydrogens is 285 g/mol. The number of hydrogen-bond donors (Lipinski definition) is 1. The van der Waals surface area contributed by atoms with Crippen molar-refractivity contribution in [3.05, 3.63) is 58.2 Å². The van der Waals surface area contributed by atoms with Crippen LogP contribution in [-0.2, 0) is 13.0 Å². The van der Waals surface area contributed by atoms with Crippen LogP contribution in [0.1, 0.15) is 17.3 Å². The van der Waals surface area contributed by atoms with E-state index in [0.29, 0.717) is 41.3 Å². The zero-order valence-corrected chi connectivity index (χ0v) is 11.7. The van der Waals surface area contributed by atoms with Gasteiger partial charge in [0.05, 0.1) is 16.6 Å². The normalized spacial score (nSPS) is 10.6. The fraction of sp³-hybridized carbons (Fsp3) is 0.231. The molecule has 0 amide bonds. The molecule has 0 aliphatic heterocycles. The maximum Gasteiger partial charge on any atom is 0.240 e. The van der Waals surface area contributed by atoms with E-state index in [1.165, 1.54) is 0 Å². The maximum absolute atomic E-state index is 5.95. The molecule has 0 saturated heterocycles. The van der Waals surface area contributed by atoms with Gasteiger partial charge in [-0.05, 0) is 17.7 Å². The fourth-order valence-electron chi connectivity index (χ4n) is 1.55. The molecule has 1 aromatic heterocycles. The van der Waals surface area contributed by atoms with Crippen molar-refractivity contribution in [2.75, 3.05) is 6.54 Å². The van der Waals surface area contributed by atoms with Crippen molar-refractivity contribution in [2.45, 2.75) is 13.0 Å². The monoisotopic (exact) mass is 297 g/mol. The summed E-state index contributed by atoms with van der Waals surface area (Å²) in [5.41, 5.74) is 0.987. The van der Waals surface area contributed by atoms with E-state index in [-0.39, 0.29) is 0 Å². The lowest BCUT2D eigenvalue weighted by Gasteiger charge is -1.99. The van der Waals surface area contributed by atoms with Gasteiger partial charge in [-0.1, -0.05) is 40.5 Å². The fourth-order valence-corrected chi connectivity index (χ4v) is 1.87. The molecule has 1 heterocycles. The van der Waals surface area contributed by atoms with Gasteiger partial charge in [-0.3, -0.25) is 0 Å². The van der Waals surface area contributed by atoms with Gasteiger partial charge in [0, 0.05) is 13.0 Å². The highest BCUT2D eigenvalue weighted by Crippen LogP contribution is 2.23. The summed E-state index contributed by atoms with van der Waals surface area (Å²) in [4.78, 5) is 4.28. The third-order valence-electron chi connectivity index (χ3n) is 2.42. The van der Waals surface area contributed by atoms with Crippen LogP contribution < -0.4 is 5.32 Å². The Labute approximate surface area is 121 Å². The van der Waals surface area contributed by atoms with Crippen molar-refractivity contribution in [3.8, 4) is 0 Å². The van der Waals surface area contributed by atoms with E-state index in [0.717, 1.165) is 5.56 Å². The lowest BCUT2D eigenvalue weighted by atomic mass is 10.1.